The van der Waals surface area contributed by atoms with Crippen molar-refractivity contribution in [1.29, 1.82) is 0 Å². The molecule has 2 heterocycles. The number of aromatic nitrogens is 2. The second-order valence-electron chi connectivity index (χ2n) is 7.08. The summed E-state index contributed by atoms with van der Waals surface area (Å²) in [5.74, 6) is 1.69. The average molecular weight is 346 g/mol. The van der Waals surface area contributed by atoms with E-state index in [1.807, 2.05) is 11.8 Å². The maximum absolute atomic E-state index is 12.7. The molecule has 25 heavy (non-hydrogen) atoms. The first-order valence-corrected chi connectivity index (χ1v) is 9.09. The SMILES string of the molecule is CCOc1cnc(C(=O)N2CCC3CC(CC(N)=O)CCC3C2)cn1. The zero-order valence-corrected chi connectivity index (χ0v) is 14.7. The molecule has 0 radical (unpaired) electrons. The standard InChI is InChI=1S/C18H26N4O3/c1-2-25-17-10-20-15(9-21-17)18(24)22-6-5-13-7-12(8-16(19)23)3-4-14(13)11-22/h9-10,12-14H,2-8,11H2,1H3,(H2,19,23). The van der Waals surface area contributed by atoms with Crippen molar-refractivity contribution in [2.75, 3.05) is 19.7 Å². The molecule has 1 saturated carbocycles. The summed E-state index contributed by atoms with van der Waals surface area (Å²) in [6.45, 7) is 3.90. The number of carbonyl (C=O) groups excluding carboxylic acids is 2. The van der Waals surface area contributed by atoms with Gasteiger partial charge in [-0.1, -0.05) is 0 Å². The number of rotatable bonds is 5. The van der Waals surface area contributed by atoms with Gasteiger partial charge < -0.3 is 15.4 Å². The largest absolute Gasteiger partial charge is 0.477 e. The lowest BCUT2D eigenvalue weighted by molar-refractivity contribution is -0.119. The Morgan fingerprint density at radius 2 is 2.08 bits per heavy atom. The summed E-state index contributed by atoms with van der Waals surface area (Å²) in [5, 5.41) is 0. The number of amides is 2. The fraction of sp³-hybridized carbons (Fsp3) is 0.667. The van der Waals surface area contributed by atoms with Crippen molar-refractivity contribution in [2.24, 2.45) is 23.5 Å². The Morgan fingerprint density at radius 1 is 1.24 bits per heavy atom. The van der Waals surface area contributed by atoms with E-state index in [9.17, 15) is 9.59 Å². The van der Waals surface area contributed by atoms with E-state index in [4.69, 9.17) is 10.5 Å². The maximum Gasteiger partial charge on any atom is 0.274 e. The molecule has 0 aromatic carbocycles. The van der Waals surface area contributed by atoms with E-state index < -0.39 is 0 Å². The first-order valence-electron chi connectivity index (χ1n) is 9.09. The summed E-state index contributed by atoms with van der Waals surface area (Å²) in [7, 11) is 0. The van der Waals surface area contributed by atoms with Crippen LogP contribution >= 0.6 is 0 Å². The number of nitrogens with zero attached hydrogens (tertiary/aromatic N) is 3. The molecule has 2 fully saturated rings. The number of piperidine rings is 1. The predicted octanol–water partition coefficient (Wildman–Crippen LogP) is 1.63. The van der Waals surface area contributed by atoms with E-state index in [1.54, 1.807) is 0 Å². The van der Waals surface area contributed by atoms with Crippen LogP contribution in [-0.2, 0) is 4.79 Å². The van der Waals surface area contributed by atoms with E-state index in [0.717, 1.165) is 38.8 Å². The molecule has 2 amide bonds. The van der Waals surface area contributed by atoms with Crippen LogP contribution in [-0.4, -0.2) is 46.4 Å². The molecule has 3 atom stereocenters. The Kier molecular flexibility index (Phi) is 5.50. The van der Waals surface area contributed by atoms with Crippen LogP contribution in [0, 0.1) is 17.8 Å². The highest BCUT2D eigenvalue weighted by Gasteiger charge is 2.36. The van der Waals surface area contributed by atoms with Crippen LogP contribution in [0.15, 0.2) is 12.4 Å². The van der Waals surface area contributed by atoms with Gasteiger partial charge in [0.25, 0.3) is 5.91 Å². The topological polar surface area (TPSA) is 98.4 Å². The Labute approximate surface area is 148 Å². The number of hydrogen-bond acceptors (Lipinski definition) is 5. The first-order chi connectivity index (χ1) is 12.1. The minimum Gasteiger partial charge on any atom is -0.477 e. The average Bonchev–Trinajstić information content (AvgIpc) is 2.61. The lowest BCUT2D eigenvalue weighted by Crippen LogP contribution is -2.46. The molecule has 3 unspecified atom stereocenters. The van der Waals surface area contributed by atoms with E-state index in [0.29, 0.717) is 42.4 Å². The van der Waals surface area contributed by atoms with Gasteiger partial charge in [0, 0.05) is 19.5 Å². The molecular formula is C18H26N4O3. The van der Waals surface area contributed by atoms with Gasteiger partial charge in [-0.15, -0.1) is 0 Å². The van der Waals surface area contributed by atoms with Gasteiger partial charge in [0.1, 0.15) is 5.69 Å². The van der Waals surface area contributed by atoms with Gasteiger partial charge in [0.05, 0.1) is 19.0 Å². The quantitative estimate of drug-likeness (QED) is 0.874. The second-order valence-corrected chi connectivity index (χ2v) is 7.08. The summed E-state index contributed by atoms with van der Waals surface area (Å²) in [4.78, 5) is 34.0. The Bertz CT molecular complexity index is 619. The lowest BCUT2D eigenvalue weighted by Gasteiger charge is -2.43. The number of likely N-dealkylation sites (tertiary alicyclic amines) is 1. The van der Waals surface area contributed by atoms with Gasteiger partial charge in [0.2, 0.25) is 11.8 Å². The monoisotopic (exact) mass is 346 g/mol. The third kappa shape index (κ3) is 4.27. The normalized spacial score (nSPS) is 26.0. The van der Waals surface area contributed by atoms with Gasteiger partial charge in [-0.25, -0.2) is 9.97 Å². The van der Waals surface area contributed by atoms with Crippen LogP contribution in [0.1, 0.15) is 49.5 Å². The van der Waals surface area contributed by atoms with Crippen molar-refractivity contribution in [3.8, 4) is 5.88 Å². The summed E-state index contributed by atoms with van der Waals surface area (Å²) in [6.07, 6.45) is 7.60. The highest BCUT2D eigenvalue weighted by Crippen LogP contribution is 2.40. The lowest BCUT2D eigenvalue weighted by atomic mass is 9.70. The fourth-order valence-electron chi connectivity index (χ4n) is 4.18. The molecule has 1 aromatic heterocycles. The summed E-state index contributed by atoms with van der Waals surface area (Å²) < 4.78 is 5.26. The Balaban J connectivity index is 1.57. The molecule has 1 aliphatic carbocycles. The van der Waals surface area contributed by atoms with Crippen molar-refractivity contribution < 1.29 is 14.3 Å². The van der Waals surface area contributed by atoms with Crippen LogP contribution < -0.4 is 10.5 Å². The van der Waals surface area contributed by atoms with Crippen molar-refractivity contribution in [2.45, 2.75) is 39.0 Å². The molecule has 0 bridgehead atoms. The van der Waals surface area contributed by atoms with Crippen molar-refractivity contribution in [3.05, 3.63) is 18.1 Å². The number of hydrogen-bond donors (Lipinski definition) is 1. The van der Waals surface area contributed by atoms with Crippen molar-refractivity contribution in [3.63, 3.8) is 0 Å². The molecule has 136 valence electrons. The van der Waals surface area contributed by atoms with Gasteiger partial charge in [0.15, 0.2) is 0 Å². The highest BCUT2D eigenvalue weighted by molar-refractivity contribution is 5.92. The maximum atomic E-state index is 12.7. The predicted molar refractivity (Wildman–Crippen MR) is 91.9 cm³/mol. The molecule has 1 saturated heterocycles. The van der Waals surface area contributed by atoms with Gasteiger partial charge in [-0.2, -0.15) is 0 Å². The molecule has 7 nitrogen and oxygen atoms in total. The van der Waals surface area contributed by atoms with Gasteiger partial charge >= 0.3 is 0 Å². The smallest absolute Gasteiger partial charge is 0.274 e. The Hall–Kier alpha value is -2.18. The molecule has 0 spiro atoms. The third-order valence-corrected chi connectivity index (χ3v) is 5.39. The van der Waals surface area contributed by atoms with Crippen LogP contribution in [0.4, 0.5) is 0 Å². The van der Waals surface area contributed by atoms with Crippen LogP contribution in [0.3, 0.4) is 0 Å². The molecular weight excluding hydrogens is 320 g/mol. The molecule has 1 aliphatic heterocycles. The van der Waals surface area contributed by atoms with Crippen molar-refractivity contribution >= 4 is 11.8 Å². The van der Waals surface area contributed by atoms with E-state index in [1.165, 1.54) is 12.4 Å². The second kappa shape index (κ2) is 7.80. The zero-order chi connectivity index (χ0) is 17.8. The number of primary amides is 1. The van der Waals surface area contributed by atoms with Gasteiger partial charge in [-0.05, 0) is 50.4 Å². The zero-order valence-electron chi connectivity index (χ0n) is 14.7. The number of fused-ring (bicyclic) bond motifs is 1. The number of ether oxygens (including phenoxy) is 1. The van der Waals surface area contributed by atoms with Crippen LogP contribution in [0.2, 0.25) is 0 Å². The molecule has 7 heteroatoms. The first kappa shape index (κ1) is 17.6. The molecule has 3 rings (SSSR count). The highest BCUT2D eigenvalue weighted by atomic mass is 16.5. The van der Waals surface area contributed by atoms with E-state index in [-0.39, 0.29) is 11.8 Å². The summed E-state index contributed by atoms with van der Waals surface area (Å²) in [5.41, 5.74) is 5.70. The molecule has 2 aliphatic rings. The van der Waals surface area contributed by atoms with Crippen LogP contribution in [0.25, 0.3) is 0 Å². The molecule has 1 aromatic rings. The fourth-order valence-corrected chi connectivity index (χ4v) is 4.18. The summed E-state index contributed by atoms with van der Waals surface area (Å²) >= 11 is 0. The Morgan fingerprint density at radius 3 is 2.76 bits per heavy atom. The minimum absolute atomic E-state index is 0.0618. The van der Waals surface area contributed by atoms with E-state index >= 15 is 0 Å². The summed E-state index contributed by atoms with van der Waals surface area (Å²) in [6, 6.07) is 0. The third-order valence-electron chi connectivity index (χ3n) is 5.39. The minimum atomic E-state index is -0.204. The van der Waals surface area contributed by atoms with Crippen molar-refractivity contribution in [1.82, 2.24) is 14.9 Å². The van der Waals surface area contributed by atoms with E-state index in [2.05, 4.69) is 9.97 Å². The van der Waals surface area contributed by atoms with Gasteiger partial charge in [-0.3, -0.25) is 9.59 Å². The number of nitrogens with two attached hydrogens (primary N) is 1. The number of carbonyl (C=O) groups is 2. The van der Waals surface area contributed by atoms with Crippen LogP contribution in [0.5, 0.6) is 5.88 Å². The molecule has 2 N–H and O–H groups in total.